The number of hydrogen-bond acceptors (Lipinski definition) is 5. The number of aryl methyl sites for hydroxylation is 1. The molecule has 1 aromatic heterocycles. The topological polar surface area (TPSA) is 69.5 Å². The summed E-state index contributed by atoms with van der Waals surface area (Å²) in [6, 6.07) is 4.42. The van der Waals surface area contributed by atoms with E-state index in [0.717, 1.165) is 25.6 Å². The van der Waals surface area contributed by atoms with Gasteiger partial charge in [-0.1, -0.05) is 0 Å². The Hall–Kier alpha value is -2.19. The predicted molar refractivity (Wildman–Crippen MR) is 89.4 cm³/mol. The molecular formula is C18H20F3N3O2. The quantitative estimate of drug-likeness (QED) is 0.872. The van der Waals surface area contributed by atoms with E-state index in [4.69, 9.17) is 0 Å². The van der Waals surface area contributed by atoms with Gasteiger partial charge in [-0.15, -0.1) is 5.10 Å². The van der Waals surface area contributed by atoms with Crippen molar-refractivity contribution in [2.24, 2.45) is 5.92 Å². The number of aliphatic hydroxyl groups excluding tert-OH is 1. The number of nitrogens with zero attached hydrogens (tertiary/aromatic N) is 3. The number of phenols is 1. The molecule has 2 aromatic rings. The van der Waals surface area contributed by atoms with Crippen LogP contribution in [0.25, 0.3) is 11.3 Å². The van der Waals surface area contributed by atoms with Crippen molar-refractivity contribution >= 4 is 0 Å². The van der Waals surface area contributed by atoms with Gasteiger partial charge in [-0.2, -0.15) is 18.3 Å². The van der Waals surface area contributed by atoms with E-state index in [-0.39, 0.29) is 17.2 Å². The Kier molecular flexibility index (Phi) is 4.90. The third kappa shape index (κ3) is 3.66. The van der Waals surface area contributed by atoms with E-state index >= 15 is 0 Å². The van der Waals surface area contributed by atoms with Gasteiger partial charge in [0.2, 0.25) is 0 Å². The average molecular weight is 367 g/mol. The standard InChI is InChI=1S/C18H20F3N3O2/c1-10-7-14(17(26)11-5-6-24(2)9-11)22-23-16(10)13-4-3-12(8-15(13)25)18(19,20)21/h3-4,7-8,11,17,25-26H,5-6,9H2,1-2H3/t11-,17?/m1/s1. The van der Waals surface area contributed by atoms with Crippen LogP contribution < -0.4 is 0 Å². The highest BCUT2D eigenvalue weighted by molar-refractivity contribution is 5.69. The zero-order valence-corrected chi connectivity index (χ0v) is 14.5. The number of aromatic hydroxyl groups is 1. The molecule has 3 rings (SSSR count). The summed E-state index contributed by atoms with van der Waals surface area (Å²) in [6.07, 6.45) is -4.42. The molecule has 1 aliphatic heterocycles. The minimum Gasteiger partial charge on any atom is -0.507 e. The van der Waals surface area contributed by atoms with Crippen molar-refractivity contribution < 1.29 is 23.4 Å². The third-order valence-corrected chi connectivity index (χ3v) is 4.76. The van der Waals surface area contributed by atoms with Crippen molar-refractivity contribution in [1.29, 1.82) is 0 Å². The molecule has 0 aliphatic carbocycles. The zero-order chi connectivity index (χ0) is 19.1. The highest BCUT2D eigenvalue weighted by Gasteiger charge is 2.32. The van der Waals surface area contributed by atoms with Crippen LogP contribution in [0, 0.1) is 12.8 Å². The van der Waals surface area contributed by atoms with Gasteiger partial charge in [-0.25, -0.2) is 0 Å². The largest absolute Gasteiger partial charge is 0.507 e. The van der Waals surface area contributed by atoms with Gasteiger partial charge in [-0.05, 0) is 56.8 Å². The summed E-state index contributed by atoms with van der Waals surface area (Å²) in [6.45, 7) is 3.40. The lowest BCUT2D eigenvalue weighted by Gasteiger charge is -2.18. The molecule has 2 N–H and O–H groups in total. The van der Waals surface area contributed by atoms with Gasteiger partial charge in [0, 0.05) is 18.0 Å². The number of likely N-dealkylation sites (tertiary alicyclic amines) is 1. The molecule has 2 atom stereocenters. The molecule has 2 heterocycles. The van der Waals surface area contributed by atoms with E-state index in [2.05, 4.69) is 15.1 Å². The molecule has 0 bridgehead atoms. The summed E-state index contributed by atoms with van der Waals surface area (Å²) in [7, 11) is 1.99. The molecule has 1 fully saturated rings. The van der Waals surface area contributed by atoms with Crippen molar-refractivity contribution in [3.8, 4) is 17.0 Å². The molecule has 0 radical (unpaired) electrons. The minimum atomic E-state index is -4.53. The first-order chi connectivity index (χ1) is 12.2. The molecule has 1 saturated heterocycles. The van der Waals surface area contributed by atoms with Crippen LogP contribution in [0.5, 0.6) is 5.75 Å². The molecule has 1 aromatic carbocycles. The fourth-order valence-corrected chi connectivity index (χ4v) is 3.29. The van der Waals surface area contributed by atoms with E-state index < -0.39 is 23.6 Å². The zero-order valence-electron chi connectivity index (χ0n) is 14.5. The van der Waals surface area contributed by atoms with Gasteiger partial charge in [0.15, 0.2) is 0 Å². The number of rotatable bonds is 3. The van der Waals surface area contributed by atoms with Crippen LogP contribution in [-0.4, -0.2) is 45.4 Å². The lowest BCUT2D eigenvalue weighted by molar-refractivity contribution is -0.137. The summed E-state index contributed by atoms with van der Waals surface area (Å²) in [4.78, 5) is 2.13. The first-order valence-corrected chi connectivity index (χ1v) is 8.28. The van der Waals surface area contributed by atoms with Crippen LogP contribution in [0.15, 0.2) is 24.3 Å². The summed E-state index contributed by atoms with van der Waals surface area (Å²) < 4.78 is 38.2. The maximum absolute atomic E-state index is 12.7. The maximum atomic E-state index is 12.7. The number of halogens is 3. The Balaban J connectivity index is 1.88. The fourth-order valence-electron chi connectivity index (χ4n) is 3.29. The molecule has 0 amide bonds. The molecule has 5 nitrogen and oxygen atoms in total. The van der Waals surface area contributed by atoms with Gasteiger partial charge < -0.3 is 15.1 Å². The van der Waals surface area contributed by atoms with E-state index in [0.29, 0.717) is 17.3 Å². The molecule has 26 heavy (non-hydrogen) atoms. The number of alkyl halides is 3. The van der Waals surface area contributed by atoms with Crippen LogP contribution in [0.3, 0.4) is 0 Å². The Morgan fingerprint density at radius 3 is 2.50 bits per heavy atom. The Morgan fingerprint density at radius 1 is 1.23 bits per heavy atom. The molecule has 1 unspecified atom stereocenters. The molecule has 8 heteroatoms. The lowest BCUT2D eigenvalue weighted by Crippen LogP contribution is -2.19. The highest BCUT2D eigenvalue weighted by Crippen LogP contribution is 2.37. The van der Waals surface area contributed by atoms with E-state index in [1.165, 1.54) is 6.07 Å². The summed E-state index contributed by atoms with van der Waals surface area (Å²) in [5.74, 6) is -0.443. The minimum absolute atomic E-state index is 0.0685. The first-order valence-electron chi connectivity index (χ1n) is 8.28. The van der Waals surface area contributed by atoms with Crippen molar-refractivity contribution in [3.63, 3.8) is 0 Å². The molecule has 0 spiro atoms. The number of aliphatic hydroxyl groups is 1. The number of aromatic nitrogens is 2. The van der Waals surface area contributed by atoms with Gasteiger partial charge in [0.1, 0.15) is 11.9 Å². The van der Waals surface area contributed by atoms with E-state index in [1.54, 1.807) is 13.0 Å². The van der Waals surface area contributed by atoms with Crippen LogP contribution in [0.1, 0.15) is 29.3 Å². The fraction of sp³-hybridized carbons (Fsp3) is 0.444. The van der Waals surface area contributed by atoms with Gasteiger partial charge in [0.05, 0.1) is 17.0 Å². The van der Waals surface area contributed by atoms with Crippen molar-refractivity contribution in [3.05, 3.63) is 41.1 Å². The van der Waals surface area contributed by atoms with Crippen molar-refractivity contribution in [2.75, 3.05) is 20.1 Å². The SMILES string of the molecule is Cc1cc(C(O)[C@@H]2CCN(C)C2)nnc1-c1ccc(C(F)(F)F)cc1O. The molecule has 0 saturated carbocycles. The normalized spacial score (nSPS) is 19.7. The Labute approximate surface area is 149 Å². The first kappa shape index (κ1) is 18.6. The van der Waals surface area contributed by atoms with Crippen LogP contribution in [-0.2, 0) is 6.18 Å². The molecule has 1 aliphatic rings. The Morgan fingerprint density at radius 2 is 1.96 bits per heavy atom. The highest BCUT2D eigenvalue weighted by atomic mass is 19.4. The molecular weight excluding hydrogens is 347 g/mol. The predicted octanol–water partition coefficient (Wildman–Crippen LogP) is 3.16. The lowest BCUT2D eigenvalue weighted by atomic mass is 9.97. The average Bonchev–Trinajstić information content (AvgIpc) is 3.00. The van der Waals surface area contributed by atoms with E-state index in [1.807, 2.05) is 7.05 Å². The molecule has 140 valence electrons. The van der Waals surface area contributed by atoms with Gasteiger partial charge >= 0.3 is 6.18 Å². The summed E-state index contributed by atoms with van der Waals surface area (Å²) in [5, 5.41) is 28.6. The van der Waals surface area contributed by atoms with Gasteiger partial charge in [0.25, 0.3) is 0 Å². The second-order valence-electron chi connectivity index (χ2n) is 6.79. The smallest absolute Gasteiger partial charge is 0.416 e. The second kappa shape index (κ2) is 6.85. The van der Waals surface area contributed by atoms with Crippen LogP contribution in [0.4, 0.5) is 13.2 Å². The monoisotopic (exact) mass is 367 g/mol. The Bertz CT molecular complexity index is 811. The summed E-state index contributed by atoms with van der Waals surface area (Å²) in [5.41, 5.74) is 0.579. The van der Waals surface area contributed by atoms with Crippen molar-refractivity contribution in [2.45, 2.75) is 25.6 Å². The number of phenolic OH excluding ortho intramolecular Hbond substituents is 1. The van der Waals surface area contributed by atoms with Crippen molar-refractivity contribution in [1.82, 2.24) is 15.1 Å². The second-order valence-corrected chi connectivity index (χ2v) is 6.79. The maximum Gasteiger partial charge on any atom is 0.416 e. The third-order valence-electron chi connectivity index (χ3n) is 4.76. The number of benzene rings is 1. The number of hydrogen-bond donors (Lipinski definition) is 2. The van der Waals surface area contributed by atoms with E-state index in [9.17, 15) is 23.4 Å². The summed E-state index contributed by atoms with van der Waals surface area (Å²) >= 11 is 0. The van der Waals surface area contributed by atoms with Crippen LogP contribution >= 0.6 is 0 Å². The van der Waals surface area contributed by atoms with Gasteiger partial charge in [-0.3, -0.25) is 0 Å². The van der Waals surface area contributed by atoms with Crippen LogP contribution in [0.2, 0.25) is 0 Å².